The van der Waals surface area contributed by atoms with E-state index in [1.54, 1.807) is 13.2 Å². The number of methoxy groups -OCH3 is 1. The molecule has 0 aliphatic carbocycles. The van der Waals surface area contributed by atoms with Crippen LogP contribution >= 0.6 is 0 Å². The fourth-order valence-corrected chi connectivity index (χ4v) is 2.34. The first-order chi connectivity index (χ1) is 8.00. The third kappa shape index (κ3) is 2.67. The van der Waals surface area contributed by atoms with Gasteiger partial charge in [0.15, 0.2) is 0 Å². The molecular formula is C14H22FNO. The third-order valence-corrected chi connectivity index (χ3v) is 3.75. The summed E-state index contributed by atoms with van der Waals surface area (Å²) in [6.45, 7) is 6.03. The van der Waals surface area contributed by atoms with Crippen LogP contribution in [0.3, 0.4) is 0 Å². The number of halogens is 1. The van der Waals surface area contributed by atoms with Gasteiger partial charge in [0.2, 0.25) is 0 Å². The number of nitrogens with two attached hydrogens (primary N) is 1. The van der Waals surface area contributed by atoms with Crippen molar-refractivity contribution in [1.82, 2.24) is 0 Å². The minimum Gasteiger partial charge on any atom is -0.376 e. The molecule has 17 heavy (non-hydrogen) atoms. The standard InChI is InChI=1S/C14H22FNO/c1-5-14(6-2,17-4)13(16)12-9-11(15)8-7-10(12)3/h7-9,13H,5-6,16H2,1-4H3. The molecule has 0 amide bonds. The van der Waals surface area contributed by atoms with E-state index in [2.05, 4.69) is 0 Å². The Morgan fingerprint density at radius 3 is 2.41 bits per heavy atom. The van der Waals surface area contributed by atoms with Crippen molar-refractivity contribution in [2.45, 2.75) is 45.3 Å². The molecule has 0 aliphatic rings. The molecule has 0 aliphatic heterocycles. The first-order valence-corrected chi connectivity index (χ1v) is 6.07. The highest BCUT2D eigenvalue weighted by atomic mass is 19.1. The predicted molar refractivity (Wildman–Crippen MR) is 68.4 cm³/mol. The van der Waals surface area contributed by atoms with Gasteiger partial charge in [0.1, 0.15) is 5.82 Å². The zero-order valence-corrected chi connectivity index (χ0v) is 11.1. The van der Waals surface area contributed by atoms with Gasteiger partial charge in [0.05, 0.1) is 11.6 Å². The van der Waals surface area contributed by atoms with E-state index < -0.39 is 5.60 Å². The van der Waals surface area contributed by atoms with Gasteiger partial charge in [-0.1, -0.05) is 19.9 Å². The minimum absolute atomic E-state index is 0.252. The van der Waals surface area contributed by atoms with Crippen LogP contribution in [0.5, 0.6) is 0 Å². The van der Waals surface area contributed by atoms with Gasteiger partial charge in [0.25, 0.3) is 0 Å². The molecular weight excluding hydrogens is 217 g/mol. The molecule has 0 saturated heterocycles. The van der Waals surface area contributed by atoms with Crippen LogP contribution in [0.25, 0.3) is 0 Å². The number of benzene rings is 1. The van der Waals surface area contributed by atoms with Gasteiger partial charge in [0, 0.05) is 7.11 Å². The van der Waals surface area contributed by atoms with E-state index >= 15 is 0 Å². The summed E-state index contributed by atoms with van der Waals surface area (Å²) in [5.41, 5.74) is 7.70. The Morgan fingerprint density at radius 1 is 1.35 bits per heavy atom. The lowest BCUT2D eigenvalue weighted by Crippen LogP contribution is -2.42. The van der Waals surface area contributed by atoms with Gasteiger partial charge in [-0.3, -0.25) is 0 Å². The summed E-state index contributed by atoms with van der Waals surface area (Å²) >= 11 is 0. The molecule has 1 aromatic rings. The summed E-state index contributed by atoms with van der Waals surface area (Å²) in [5.74, 6) is -0.252. The van der Waals surface area contributed by atoms with Crippen molar-refractivity contribution in [2.75, 3.05) is 7.11 Å². The lowest BCUT2D eigenvalue weighted by molar-refractivity contribution is -0.0387. The van der Waals surface area contributed by atoms with E-state index in [0.717, 1.165) is 24.0 Å². The van der Waals surface area contributed by atoms with Crippen LogP contribution in [0, 0.1) is 12.7 Å². The van der Waals surface area contributed by atoms with Crippen molar-refractivity contribution in [3.8, 4) is 0 Å². The highest BCUT2D eigenvalue weighted by molar-refractivity contribution is 5.31. The largest absolute Gasteiger partial charge is 0.376 e. The summed E-state index contributed by atoms with van der Waals surface area (Å²) in [7, 11) is 1.67. The number of aryl methyl sites for hydroxylation is 1. The summed E-state index contributed by atoms with van der Waals surface area (Å²) in [6.07, 6.45) is 1.61. The second-order valence-electron chi connectivity index (χ2n) is 4.45. The molecule has 2 nitrogen and oxygen atoms in total. The van der Waals surface area contributed by atoms with Crippen LogP contribution in [0.4, 0.5) is 4.39 Å². The summed E-state index contributed by atoms with van der Waals surface area (Å²) < 4.78 is 18.9. The van der Waals surface area contributed by atoms with Crippen molar-refractivity contribution in [3.63, 3.8) is 0 Å². The lowest BCUT2D eigenvalue weighted by atomic mass is 9.83. The third-order valence-electron chi connectivity index (χ3n) is 3.75. The van der Waals surface area contributed by atoms with Crippen molar-refractivity contribution in [1.29, 1.82) is 0 Å². The van der Waals surface area contributed by atoms with Gasteiger partial charge >= 0.3 is 0 Å². The van der Waals surface area contributed by atoms with E-state index in [1.807, 2.05) is 20.8 Å². The van der Waals surface area contributed by atoms with Gasteiger partial charge in [-0.2, -0.15) is 0 Å². The topological polar surface area (TPSA) is 35.2 Å². The number of hydrogen-bond acceptors (Lipinski definition) is 2. The summed E-state index contributed by atoms with van der Waals surface area (Å²) in [5, 5.41) is 0. The van der Waals surface area contributed by atoms with Crippen molar-refractivity contribution < 1.29 is 9.13 Å². The van der Waals surface area contributed by atoms with E-state index in [0.29, 0.717) is 0 Å². The maximum absolute atomic E-state index is 13.3. The van der Waals surface area contributed by atoms with Gasteiger partial charge in [-0.15, -0.1) is 0 Å². The molecule has 96 valence electrons. The van der Waals surface area contributed by atoms with Crippen LogP contribution < -0.4 is 5.73 Å². The zero-order chi connectivity index (χ0) is 13.1. The molecule has 1 rings (SSSR count). The molecule has 1 aromatic carbocycles. The average molecular weight is 239 g/mol. The van der Waals surface area contributed by atoms with Crippen LogP contribution in [-0.2, 0) is 4.74 Å². The molecule has 0 aromatic heterocycles. The second kappa shape index (κ2) is 5.61. The average Bonchev–Trinajstić information content (AvgIpc) is 2.35. The van der Waals surface area contributed by atoms with Crippen molar-refractivity contribution in [2.24, 2.45) is 5.73 Å². The number of hydrogen-bond donors (Lipinski definition) is 1. The van der Waals surface area contributed by atoms with Crippen LogP contribution in [0.1, 0.15) is 43.9 Å². The molecule has 0 saturated carbocycles. The molecule has 3 heteroatoms. The van der Waals surface area contributed by atoms with E-state index in [-0.39, 0.29) is 11.9 Å². The Bertz CT molecular complexity index is 366. The van der Waals surface area contributed by atoms with Gasteiger partial charge < -0.3 is 10.5 Å². The molecule has 1 unspecified atom stereocenters. The summed E-state index contributed by atoms with van der Waals surface area (Å²) in [4.78, 5) is 0. The zero-order valence-electron chi connectivity index (χ0n) is 11.1. The quantitative estimate of drug-likeness (QED) is 0.855. The highest BCUT2D eigenvalue weighted by Crippen LogP contribution is 2.34. The highest BCUT2D eigenvalue weighted by Gasteiger charge is 2.35. The normalized spacial score (nSPS) is 13.8. The molecule has 1 atom stereocenters. The Kier molecular flexibility index (Phi) is 4.66. The molecule has 0 fully saturated rings. The molecule has 0 spiro atoms. The SMILES string of the molecule is CCC(CC)(OC)C(N)c1cc(F)ccc1C. The molecule has 0 bridgehead atoms. The fourth-order valence-electron chi connectivity index (χ4n) is 2.34. The predicted octanol–water partition coefficient (Wildman–Crippen LogP) is 3.34. The van der Waals surface area contributed by atoms with E-state index in [4.69, 9.17) is 10.5 Å². The second-order valence-corrected chi connectivity index (χ2v) is 4.45. The summed E-state index contributed by atoms with van der Waals surface area (Å²) in [6, 6.07) is 4.42. The Balaban J connectivity index is 3.17. The van der Waals surface area contributed by atoms with E-state index in [9.17, 15) is 4.39 Å². The van der Waals surface area contributed by atoms with Crippen LogP contribution in [0.2, 0.25) is 0 Å². The minimum atomic E-state index is -0.418. The molecule has 0 heterocycles. The Morgan fingerprint density at radius 2 is 1.94 bits per heavy atom. The van der Waals surface area contributed by atoms with Crippen LogP contribution in [0.15, 0.2) is 18.2 Å². The van der Waals surface area contributed by atoms with E-state index in [1.165, 1.54) is 12.1 Å². The first-order valence-electron chi connectivity index (χ1n) is 6.07. The van der Waals surface area contributed by atoms with Crippen LogP contribution in [-0.4, -0.2) is 12.7 Å². The molecule has 2 N–H and O–H groups in total. The Labute approximate surface area is 103 Å². The maximum Gasteiger partial charge on any atom is 0.123 e. The fraction of sp³-hybridized carbons (Fsp3) is 0.571. The molecule has 0 radical (unpaired) electrons. The lowest BCUT2D eigenvalue weighted by Gasteiger charge is -2.37. The monoisotopic (exact) mass is 239 g/mol. The smallest absolute Gasteiger partial charge is 0.123 e. The van der Waals surface area contributed by atoms with Crippen molar-refractivity contribution >= 4 is 0 Å². The van der Waals surface area contributed by atoms with Crippen molar-refractivity contribution in [3.05, 3.63) is 35.1 Å². The van der Waals surface area contributed by atoms with Gasteiger partial charge in [-0.25, -0.2) is 4.39 Å². The first kappa shape index (κ1) is 14.1. The Hall–Kier alpha value is -0.930. The maximum atomic E-state index is 13.3. The van der Waals surface area contributed by atoms with Gasteiger partial charge in [-0.05, 0) is 43.0 Å². The number of ether oxygens (including phenoxy) is 1. The number of rotatable bonds is 5.